The second-order valence-corrected chi connectivity index (χ2v) is 6.13. The quantitative estimate of drug-likeness (QED) is 0.719. The van der Waals surface area contributed by atoms with Gasteiger partial charge in [-0.15, -0.1) is 0 Å². The lowest BCUT2D eigenvalue weighted by Crippen LogP contribution is -2.31. The number of carboxylic acid groups (broad SMARTS) is 1. The van der Waals surface area contributed by atoms with Crippen LogP contribution in [0.2, 0.25) is 0 Å². The molecule has 0 fully saturated rings. The number of carboxylic acids is 1. The number of carbonyl (C=O) groups is 3. The minimum Gasteiger partial charge on any atom is -0.481 e. The molecular formula is C17H24N2O4. The smallest absolute Gasteiger partial charge is 0.308 e. The van der Waals surface area contributed by atoms with Crippen molar-refractivity contribution in [1.29, 1.82) is 0 Å². The largest absolute Gasteiger partial charge is 0.481 e. The molecule has 0 spiro atoms. The number of aliphatic carboxylic acids is 1. The first-order valence-corrected chi connectivity index (χ1v) is 7.62. The predicted octanol–water partition coefficient (Wildman–Crippen LogP) is 2.43. The molecule has 0 aliphatic carbocycles. The Bertz CT molecular complexity index is 596. The molecule has 6 heteroatoms. The molecule has 1 rings (SSSR count). The van der Waals surface area contributed by atoms with Gasteiger partial charge in [0.25, 0.3) is 5.91 Å². The molecule has 0 heterocycles. The molecule has 0 aromatic heterocycles. The van der Waals surface area contributed by atoms with Crippen molar-refractivity contribution in [1.82, 2.24) is 5.32 Å². The Morgan fingerprint density at radius 2 is 1.83 bits per heavy atom. The standard InChI is InChI=1S/C17H24N2O4/c1-10(2)7-15(20)19-14-6-5-13(8-11(14)3)16(21)18-9-12(4)17(22)23/h5-6,8,10,12H,7,9H2,1-4H3,(H,18,21)(H,19,20)(H,22,23). The number of rotatable bonds is 7. The predicted molar refractivity (Wildman–Crippen MR) is 88.4 cm³/mol. The van der Waals surface area contributed by atoms with Gasteiger partial charge in [0.1, 0.15) is 0 Å². The van der Waals surface area contributed by atoms with E-state index in [4.69, 9.17) is 5.11 Å². The van der Waals surface area contributed by atoms with Crippen LogP contribution in [0.4, 0.5) is 5.69 Å². The number of benzene rings is 1. The van der Waals surface area contributed by atoms with E-state index < -0.39 is 11.9 Å². The third kappa shape index (κ3) is 6.10. The fraction of sp³-hybridized carbons (Fsp3) is 0.471. The first-order chi connectivity index (χ1) is 10.7. The molecule has 23 heavy (non-hydrogen) atoms. The van der Waals surface area contributed by atoms with E-state index in [1.54, 1.807) is 18.2 Å². The Kier molecular flexibility index (Phi) is 6.75. The zero-order valence-electron chi connectivity index (χ0n) is 14.0. The summed E-state index contributed by atoms with van der Waals surface area (Å²) in [5.74, 6) is -1.72. The average molecular weight is 320 g/mol. The van der Waals surface area contributed by atoms with Crippen LogP contribution < -0.4 is 10.6 Å². The van der Waals surface area contributed by atoms with Gasteiger partial charge in [-0.05, 0) is 36.6 Å². The minimum absolute atomic E-state index is 0.0596. The molecule has 3 N–H and O–H groups in total. The highest BCUT2D eigenvalue weighted by atomic mass is 16.4. The highest BCUT2D eigenvalue weighted by Crippen LogP contribution is 2.17. The minimum atomic E-state index is -0.954. The van der Waals surface area contributed by atoms with Gasteiger partial charge in [0, 0.05) is 24.2 Å². The number of hydrogen-bond acceptors (Lipinski definition) is 3. The van der Waals surface area contributed by atoms with Crippen LogP contribution in [0.1, 0.15) is 43.1 Å². The first kappa shape index (κ1) is 18.7. The molecule has 0 radical (unpaired) electrons. The molecule has 2 amide bonds. The van der Waals surface area contributed by atoms with E-state index in [0.29, 0.717) is 17.7 Å². The summed E-state index contributed by atoms with van der Waals surface area (Å²) < 4.78 is 0. The lowest BCUT2D eigenvalue weighted by molar-refractivity contribution is -0.140. The van der Waals surface area contributed by atoms with Gasteiger partial charge < -0.3 is 15.7 Å². The number of amides is 2. The molecule has 0 bridgehead atoms. The summed E-state index contributed by atoms with van der Waals surface area (Å²) in [4.78, 5) is 34.5. The van der Waals surface area contributed by atoms with Crippen LogP contribution >= 0.6 is 0 Å². The number of hydrogen-bond donors (Lipinski definition) is 3. The molecule has 0 aliphatic rings. The third-order valence-corrected chi connectivity index (χ3v) is 3.35. The van der Waals surface area contributed by atoms with Gasteiger partial charge in [-0.1, -0.05) is 20.8 Å². The van der Waals surface area contributed by atoms with Gasteiger partial charge in [0.2, 0.25) is 5.91 Å². The number of nitrogens with one attached hydrogen (secondary N) is 2. The summed E-state index contributed by atoms with van der Waals surface area (Å²) in [6, 6.07) is 4.97. The van der Waals surface area contributed by atoms with Crippen molar-refractivity contribution in [3.63, 3.8) is 0 Å². The van der Waals surface area contributed by atoms with Crippen molar-refractivity contribution in [2.75, 3.05) is 11.9 Å². The molecule has 1 atom stereocenters. The summed E-state index contributed by atoms with van der Waals surface area (Å²) in [5, 5.41) is 14.2. The zero-order chi connectivity index (χ0) is 17.6. The van der Waals surface area contributed by atoms with Gasteiger partial charge >= 0.3 is 5.97 Å². The highest BCUT2D eigenvalue weighted by Gasteiger charge is 2.14. The second-order valence-electron chi connectivity index (χ2n) is 6.13. The lowest BCUT2D eigenvalue weighted by Gasteiger charge is -2.12. The van der Waals surface area contributed by atoms with Crippen LogP contribution in [0.3, 0.4) is 0 Å². The molecular weight excluding hydrogens is 296 g/mol. The maximum absolute atomic E-state index is 12.0. The monoisotopic (exact) mass is 320 g/mol. The maximum atomic E-state index is 12.0. The van der Waals surface area contributed by atoms with Crippen LogP contribution in [-0.2, 0) is 9.59 Å². The molecule has 0 saturated carbocycles. The fourth-order valence-corrected chi connectivity index (χ4v) is 1.95. The summed E-state index contributed by atoms with van der Waals surface area (Å²) >= 11 is 0. The van der Waals surface area contributed by atoms with E-state index >= 15 is 0 Å². The molecule has 1 aromatic rings. The Labute approximate surface area is 136 Å². The Morgan fingerprint density at radius 1 is 1.17 bits per heavy atom. The van der Waals surface area contributed by atoms with Crippen molar-refractivity contribution < 1.29 is 19.5 Å². The molecule has 6 nitrogen and oxygen atoms in total. The molecule has 0 aliphatic heterocycles. The summed E-state index contributed by atoms with van der Waals surface area (Å²) in [5.41, 5.74) is 1.88. The topological polar surface area (TPSA) is 95.5 Å². The van der Waals surface area contributed by atoms with Crippen molar-refractivity contribution in [2.24, 2.45) is 11.8 Å². The molecule has 0 saturated heterocycles. The van der Waals surface area contributed by atoms with Crippen molar-refractivity contribution >= 4 is 23.5 Å². The first-order valence-electron chi connectivity index (χ1n) is 7.62. The fourth-order valence-electron chi connectivity index (χ4n) is 1.95. The summed E-state index contributed by atoms with van der Waals surface area (Å²) in [6.07, 6.45) is 0.439. The summed E-state index contributed by atoms with van der Waals surface area (Å²) in [6.45, 7) is 7.35. The summed E-state index contributed by atoms with van der Waals surface area (Å²) in [7, 11) is 0. The van der Waals surface area contributed by atoms with Gasteiger partial charge in [0.15, 0.2) is 0 Å². The van der Waals surface area contributed by atoms with Crippen LogP contribution in [0.25, 0.3) is 0 Å². The Morgan fingerprint density at radius 3 is 2.35 bits per heavy atom. The van der Waals surface area contributed by atoms with E-state index in [9.17, 15) is 14.4 Å². The van der Waals surface area contributed by atoms with E-state index in [0.717, 1.165) is 5.56 Å². The number of anilines is 1. The van der Waals surface area contributed by atoms with Crippen LogP contribution in [0.5, 0.6) is 0 Å². The maximum Gasteiger partial charge on any atom is 0.308 e. The van der Waals surface area contributed by atoms with Gasteiger partial charge in [-0.25, -0.2) is 0 Å². The van der Waals surface area contributed by atoms with E-state index in [1.807, 2.05) is 20.8 Å². The van der Waals surface area contributed by atoms with Gasteiger partial charge in [0.05, 0.1) is 5.92 Å². The van der Waals surface area contributed by atoms with E-state index in [-0.39, 0.29) is 24.3 Å². The van der Waals surface area contributed by atoms with Crippen LogP contribution in [-0.4, -0.2) is 29.4 Å². The molecule has 1 unspecified atom stereocenters. The van der Waals surface area contributed by atoms with E-state index in [1.165, 1.54) is 6.92 Å². The average Bonchev–Trinajstić information content (AvgIpc) is 2.45. The molecule has 126 valence electrons. The third-order valence-electron chi connectivity index (χ3n) is 3.35. The van der Waals surface area contributed by atoms with E-state index in [2.05, 4.69) is 10.6 Å². The Hall–Kier alpha value is -2.37. The van der Waals surface area contributed by atoms with Crippen LogP contribution in [0.15, 0.2) is 18.2 Å². The number of carbonyl (C=O) groups excluding carboxylic acids is 2. The second kappa shape index (κ2) is 8.31. The van der Waals surface area contributed by atoms with Crippen molar-refractivity contribution in [2.45, 2.75) is 34.1 Å². The van der Waals surface area contributed by atoms with Gasteiger partial charge in [-0.2, -0.15) is 0 Å². The zero-order valence-corrected chi connectivity index (χ0v) is 14.0. The van der Waals surface area contributed by atoms with Crippen molar-refractivity contribution in [3.8, 4) is 0 Å². The molecule has 1 aromatic carbocycles. The van der Waals surface area contributed by atoms with Crippen molar-refractivity contribution in [3.05, 3.63) is 29.3 Å². The Balaban J connectivity index is 2.70. The van der Waals surface area contributed by atoms with Gasteiger partial charge in [-0.3, -0.25) is 14.4 Å². The lowest BCUT2D eigenvalue weighted by atomic mass is 10.1. The van der Waals surface area contributed by atoms with Crippen LogP contribution in [0, 0.1) is 18.8 Å². The SMILES string of the molecule is Cc1cc(C(=O)NCC(C)C(=O)O)ccc1NC(=O)CC(C)C. The highest BCUT2D eigenvalue weighted by molar-refractivity contribution is 5.96. The number of aryl methyl sites for hydroxylation is 1. The normalized spacial score (nSPS) is 11.9.